The van der Waals surface area contributed by atoms with Crippen molar-refractivity contribution in [3.63, 3.8) is 0 Å². The molecule has 116 valence electrons. The SMILES string of the molecule is CN(Cc1cc(Br)ccc1F)Cc1cccc2c1OCCO2. The van der Waals surface area contributed by atoms with Gasteiger partial charge in [-0.25, -0.2) is 4.39 Å². The fourth-order valence-corrected chi connectivity index (χ4v) is 2.97. The monoisotopic (exact) mass is 365 g/mol. The van der Waals surface area contributed by atoms with Crippen LogP contribution >= 0.6 is 15.9 Å². The molecule has 0 fully saturated rings. The molecule has 1 aliphatic heterocycles. The Kier molecular flexibility index (Phi) is 4.64. The molecule has 1 aliphatic rings. The predicted octanol–water partition coefficient (Wildman–Crippen LogP) is 3.99. The van der Waals surface area contributed by atoms with Crippen molar-refractivity contribution < 1.29 is 13.9 Å². The predicted molar refractivity (Wildman–Crippen MR) is 86.7 cm³/mol. The summed E-state index contributed by atoms with van der Waals surface area (Å²) in [6.45, 7) is 2.33. The van der Waals surface area contributed by atoms with Crippen LogP contribution in [-0.4, -0.2) is 25.2 Å². The van der Waals surface area contributed by atoms with Gasteiger partial charge in [0.1, 0.15) is 19.0 Å². The Morgan fingerprint density at radius 2 is 1.86 bits per heavy atom. The number of ether oxygens (including phenoxy) is 2. The molecule has 0 saturated heterocycles. The summed E-state index contributed by atoms with van der Waals surface area (Å²) < 4.78 is 26.0. The Balaban J connectivity index is 1.74. The summed E-state index contributed by atoms with van der Waals surface area (Å²) in [5, 5.41) is 0. The van der Waals surface area contributed by atoms with Crippen LogP contribution in [0.2, 0.25) is 0 Å². The van der Waals surface area contributed by atoms with Crippen LogP contribution < -0.4 is 9.47 Å². The molecule has 2 aromatic rings. The van der Waals surface area contributed by atoms with Crippen LogP contribution in [0.25, 0.3) is 0 Å². The molecule has 0 saturated carbocycles. The molecule has 0 amide bonds. The molecule has 1 heterocycles. The maximum atomic E-state index is 13.8. The summed E-state index contributed by atoms with van der Waals surface area (Å²) >= 11 is 3.38. The van der Waals surface area contributed by atoms with E-state index in [2.05, 4.69) is 20.8 Å². The highest BCUT2D eigenvalue weighted by Gasteiger charge is 2.17. The molecule has 0 radical (unpaired) electrons. The minimum atomic E-state index is -0.190. The highest BCUT2D eigenvalue weighted by Crippen LogP contribution is 2.34. The van der Waals surface area contributed by atoms with Crippen LogP contribution in [-0.2, 0) is 13.1 Å². The third-order valence-corrected chi connectivity index (χ3v) is 4.03. The average Bonchev–Trinajstić information content (AvgIpc) is 2.51. The fourth-order valence-electron chi connectivity index (χ4n) is 2.56. The van der Waals surface area contributed by atoms with Gasteiger partial charge in [-0.1, -0.05) is 28.1 Å². The van der Waals surface area contributed by atoms with Gasteiger partial charge in [-0.3, -0.25) is 4.90 Å². The molecular formula is C17H17BrFNO2. The zero-order chi connectivity index (χ0) is 15.5. The summed E-state index contributed by atoms with van der Waals surface area (Å²) in [6.07, 6.45) is 0. The quantitative estimate of drug-likeness (QED) is 0.817. The summed E-state index contributed by atoms with van der Waals surface area (Å²) in [5.41, 5.74) is 1.72. The van der Waals surface area contributed by atoms with Gasteiger partial charge in [0.15, 0.2) is 11.5 Å². The summed E-state index contributed by atoms with van der Waals surface area (Å²) in [7, 11) is 1.96. The molecule has 3 rings (SSSR count). The Morgan fingerprint density at radius 3 is 2.73 bits per heavy atom. The van der Waals surface area contributed by atoms with Crippen molar-refractivity contribution in [3.05, 3.63) is 57.8 Å². The lowest BCUT2D eigenvalue weighted by Crippen LogP contribution is -2.21. The molecule has 0 atom stereocenters. The molecule has 0 N–H and O–H groups in total. The number of halogens is 2. The molecule has 0 aliphatic carbocycles. The second-order valence-electron chi connectivity index (χ2n) is 5.35. The van der Waals surface area contributed by atoms with Crippen LogP contribution in [0.1, 0.15) is 11.1 Å². The lowest BCUT2D eigenvalue weighted by Gasteiger charge is -2.23. The van der Waals surface area contributed by atoms with Crippen molar-refractivity contribution in [1.29, 1.82) is 0 Å². The first kappa shape index (κ1) is 15.3. The molecule has 0 spiro atoms. The minimum absolute atomic E-state index is 0.190. The molecular weight excluding hydrogens is 349 g/mol. The maximum Gasteiger partial charge on any atom is 0.165 e. The number of hydrogen-bond acceptors (Lipinski definition) is 3. The number of benzene rings is 2. The minimum Gasteiger partial charge on any atom is -0.486 e. The Bertz CT molecular complexity index is 678. The number of para-hydroxylation sites is 1. The van der Waals surface area contributed by atoms with E-state index in [-0.39, 0.29) is 5.82 Å². The number of hydrogen-bond donors (Lipinski definition) is 0. The van der Waals surface area contributed by atoms with E-state index in [0.29, 0.717) is 31.9 Å². The summed E-state index contributed by atoms with van der Waals surface area (Å²) in [5.74, 6) is 1.39. The van der Waals surface area contributed by atoms with E-state index in [1.807, 2.05) is 31.3 Å². The van der Waals surface area contributed by atoms with Crippen molar-refractivity contribution in [2.45, 2.75) is 13.1 Å². The van der Waals surface area contributed by atoms with Crippen molar-refractivity contribution >= 4 is 15.9 Å². The van der Waals surface area contributed by atoms with Gasteiger partial charge < -0.3 is 9.47 Å². The topological polar surface area (TPSA) is 21.7 Å². The Morgan fingerprint density at radius 1 is 1.09 bits per heavy atom. The van der Waals surface area contributed by atoms with E-state index >= 15 is 0 Å². The second kappa shape index (κ2) is 6.67. The van der Waals surface area contributed by atoms with E-state index in [0.717, 1.165) is 21.5 Å². The zero-order valence-corrected chi connectivity index (χ0v) is 13.9. The third kappa shape index (κ3) is 3.42. The third-order valence-electron chi connectivity index (χ3n) is 3.54. The molecule has 0 aromatic heterocycles. The van der Waals surface area contributed by atoms with Crippen molar-refractivity contribution in [2.24, 2.45) is 0 Å². The van der Waals surface area contributed by atoms with Crippen molar-refractivity contribution in [2.75, 3.05) is 20.3 Å². The van der Waals surface area contributed by atoms with E-state index in [9.17, 15) is 4.39 Å². The van der Waals surface area contributed by atoms with E-state index < -0.39 is 0 Å². The van der Waals surface area contributed by atoms with Gasteiger partial charge in [0.2, 0.25) is 0 Å². The lowest BCUT2D eigenvalue weighted by molar-refractivity contribution is 0.167. The van der Waals surface area contributed by atoms with Gasteiger partial charge in [-0.05, 0) is 31.3 Å². The number of nitrogens with zero attached hydrogens (tertiary/aromatic N) is 1. The van der Waals surface area contributed by atoms with Crippen LogP contribution in [0, 0.1) is 5.82 Å². The molecule has 3 nitrogen and oxygen atoms in total. The van der Waals surface area contributed by atoms with Crippen LogP contribution in [0.3, 0.4) is 0 Å². The summed E-state index contributed by atoms with van der Waals surface area (Å²) in [4.78, 5) is 2.05. The normalized spacial score (nSPS) is 13.5. The van der Waals surface area contributed by atoms with E-state index in [4.69, 9.17) is 9.47 Å². The maximum absolute atomic E-state index is 13.8. The Hall–Kier alpha value is -1.59. The van der Waals surface area contributed by atoms with Crippen LogP contribution in [0.4, 0.5) is 4.39 Å². The number of rotatable bonds is 4. The van der Waals surface area contributed by atoms with Crippen molar-refractivity contribution in [3.8, 4) is 11.5 Å². The van der Waals surface area contributed by atoms with Gasteiger partial charge in [0.05, 0.1) is 0 Å². The molecule has 0 bridgehead atoms. The van der Waals surface area contributed by atoms with Crippen LogP contribution in [0.5, 0.6) is 11.5 Å². The average molecular weight is 366 g/mol. The van der Waals surface area contributed by atoms with Gasteiger partial charge in [0, 0.05) is 28.7 Å². The van der Waals surface area contributed by atoms with Gasteiger partial charge in [-0.2, -0.15) is 0 Å². The smallest absolute Gasteiger partial charge is 0.165 e. The first-order valence-electron chi connectivity index (χ1n) is 7.13. The highest BCUT2D eigenvalue weighted by molar-refractivity contribution is 9.10. The van der Waals surface area contributed by atoms with Crippen LogP contribution in [0.15, 0.2) is 40.9 Å². The van der Waals surface area contributed by atoms with Gasteiger partial charge in [-0.15, -0.1) is 0 Å². The Labute approximate surface area is 137 Å². The summed E-state index contributed by atoms with van der Waals surface area (Å²) in [6, 6.07) is 10.9. The number of fused-ring (bicyclic) bond motifs is 1. The molecule has 0 unspecified atom stereocenters. The van der Waals surface area contributed by atoms with E-state index in [1.165, 1.54) is 6.07 Å². The van der Waals surface area contributed by atoms with E-state index in [1.54, 1.807) is 6.07 Å². The van der Waals surface area contributed by atoms with Gasteiger partial charge in [0.25, 0.3) is 0 Å². The molecule has 5 heteroatoms. The lowest BCUT2D eigenvalue weighted by atomic mass is 10.1. The highest BCUT2D eigenvalue weighted by atomic mass is 79.9. The first-order valence-corrected chi connectivity index (χ1v) is 7.93. The van der Waals surface area contributed by atoms with Gasteiger partial charge >= 0.3 is 0 Å². The fraction of sp³-hybridized carbons (Fsp3) is 0.294. The first-order chi connectivity index (χ1) is 10.6. The zero-order valence-electron chi connectivity index (χ0n) is 12.3. The second-order valence-corrected chi connectivity index (χ2v) is 6.27. The molecule has 22 heavy (non-hydrogen) atoms. The largest absolute Gasteiger partial charge is 0.486 e. The molecule has 2 aromatic carbocycles. The standard InChI is InChI=1S/C17H17BrFNO2/c1-20(11-13-9-14(18)5-6-15(13)19)10-12-3-2-4-16-17(12)22-8-7-21-16/h2-6,9H,7-8,10-11H2,1H3. The van der Waals surface area contributed by atoms with Crippen molar-refractivity contribution in [1.82, 2.24) is 4.90 Å².